The topological polar surface area (TPSA) is 49.4 Å². The minimum atomic E-state index is -0.547. The number of thioether (sulfide) groups is 1. The molecule has 0 aliphatic rings. The number of carbonyl (C=O) groups excluding carboxylic acids is 2. The van der Waals surface area contributed by atoms with Crippen LogP contribution in [0.2, 0.25) is 5.02 Å². The van der Waals surface area contributed by atoms with Crippen LogP contribution in [0.25, 0.3) is 0 Å². The van der Waals surface area contributed by atoms with Crippen molar-refractivity contribution in [2.75, 3.05) is 12.3 Å². The van der Waals surface area contributed by atoms with E-state index in [1.54, 1.807) is 29.7 Å². The van der Waals surface area contributed by atoms with Crippen molar-refractivity contribution >= 4 is 35.2 Å². The Labute approximate surface area is 170 Å². The largest absolute Gasteiger partial charge is 0.355 e. The van der Waals surface area contributed by atoms with Crippen molar-refractivity contribution in [2.45, 2.75) is 32.2 Å². The van der Waals surface area contributed by atoms with Gasteiger partial charge in [0, 0.05) is 23.9 Å². The zero-order chi connectivity index (χ0) is 19.6. The summed E-state index contributed by atoms with van der Waals surface area (Å²) in [6.45, 7) is 4.51. The highest BCUT2D eigenvalue weighted by atomic mass is 35.5. The number of hydrogen-bond donors (Lipinski definition) is 1. The summed E-state index contributed by atoms with van der Waals surface area (Å²) in [6.07, 6.45) is 0. The molecule has 27 heavy (non-hydrogen) atoms. The second-order valence-electron chi connectivity index (χ2n) is 6.20. The van der Waals surface area contributed by atoms with Crippen molar-refractivity contribution in [3.05, 3.63) is 70.7 Å². The van der Waals surface area contributed by atoms with Gasteiger partial charge in [0.05, 0.1) is 5.75 Å². The molecule has 2 amide bonds. The Balaban J connectivity index is 2.05. The number of likely N-dealkylation sites (N-methyl/N-ethyl adjacent to an activating group) is 1. The lowest BCUT2D eigenvalue weighted by Gasteiger charge is -2.28. The molecule has 0 fully saturated rings. The van der Waals surface area contributed by atoms with Gasteiger partial charge in [-0.2, -0.15) is 0 Å². The molecule has 4 nitrogen and oxygen atoms in total. The van der Waals surface area contributed by atoms with Crippen molar-refractivity contribution in [2.24, 2.45) is 0 Å². The van der Waals surface area contributed by atoms with Crippen LogP contribution < -0.4 is 5.32 Å². The van der Waals surface area contributed by atoms with Crippen LogP contribution in [0, 0.1) is 0 Å². The Hall–Kier alpha value is -1.98. The van der Waals surface area contributed by atoms with Crippen molar-refractivity contribution in [1.82, 2.24) is 10.2 Å². The maximum absolute atomic E-state index is 12.9. The van der Waals surface area contributed by atoms with Gasteiger partial charge in [0.2, 0.25) is 11.8 Å². The first-order valence-electron chi connectivity index (χ1n) is 8.94. The molecule has 0 saturated heterocycles. The van der Waals surface area contributed by atoms with Crippen LogP contribution in [-0.4, -0.2) is 35.1 Å². The summed E-state index contributed by atoms with van der Waals surface area (Å²) in [5.41, 5.74) is 2.08. The molecule has 0 aliphatic heterocycles. The number of benzene rings is 2. The van der Waals surface area contributed by atoms with E-state index in [9.17, 15) is 9.59 Å². The van der Waals surface area contributed by atoms with Crippen LogP contribution in [0.3, 0.4) is 0 Å². The van der Waals surface area contributed by atoms with Crippen LogP contribution in [0.1, 0.15) is 25.0 Å². The summed E-state index contributed by atoms with van der Waals surface area (Å²) in [7, 11) is 0. The lowest BCUT2D eigenvalue weighted by molar-refractivity contribution is -0.138. The molecular formula is C21H25ClN2O2S. The fraction of sp³-hybridized carbons (Fsp3) is 0.333. The van der Waals surface area contributed by atoms with Crippen LogP contribution in [0.15, 0.2) is 54.6 Å². The Bertz CT molecular complexity index is 755. The first kappa shape index (κ1) is 21.3. The van der Waals surface area contributed by atoms with E-state index >= 15 is 0 Å². The van der Waals surface area contributed by atoms with Gasteiger partial charge in [-0.25, -0.2) is 0 Å². The average Bonchev–Trinajstić information content (AvgIpc) is 2.66. The van der Waals surface area contributed by atoms with E-state index in [0.717, 1.165) is 11.3 Å². The normalized spacial score (nSPS) is 11.7. The molecule has 2 aromatic carbocycles. The number of halogens is 1. The lowest BCUT2D eigenvalue weighted by Crippen LogP contribution is -2.48. The minimum absolute atomic E-state index is 0.0605. The fourth-order valence-electron chi connectivity index (χ4n) is 2.65. The lowest BCUT2D eigenvalue weighted by atomic mass is 10.1. The molecule has 0 aromatic heterocycles. The van der Waals surface area contributed by atoms with E-state index in [0.29, 0.717) is 23.9 Å². The van der Waals surface area contributed by atoms with Gasteiger partial charge in [-0.15, -0.1) is 11.8 Å². The predicted octanol–water partition coefficient (Wildman–Crippen LogP) is 4.13. The molecule has 0 radical (unpaired) electrons. The Morgan fingerprint density at radius 2 is 1.81 bits per heavy atom. The SMILES string of the molecule is CCNC(=O)[C@H](C)N(Cc1cccc(Cl)c1)C(=O)CSCc1ccccc1. The third kappa shape index (κ3) is 6.92. The van der Waals surface area contributed by atoms with Gasteiger partial charge in [0.25, 0.3) is 0 Å². The average molecular weight is 405 g/mol. The molecule has 0 unspecified atom stereocenters. The second-order valence-corrected chi connectivity index (χ2v) is 7.62. The minimum Gasteiger partial charge on any atom is -0.355 e. The van der Waals surface area contributed by atoms with Gasteiger partial charge in [0.1, 0.15) is 6.04 Å². The van der Waals surface area contributed by atoms with Gasteiger partial charge in [0.15, 0.2) is 0 Å². The van der Waals surface area contributed by atoms with Gasteiger partial charge in [-0.3, -0.25) is 9.59 Å². The molecule has 1 atom stereocenters. The van der Waals surface area contributed by atoms with Crippen molar-refractivity contribution < 1.29 is 9.59 Å². The quantitative estimate of drug-likeness (QED) is 0.683. The number of hydrogen-bond acceptors (Lipinski definition) is 3. The summed E-state index contributed by atoms with van der Waals surface area (Å²) in [6, 6.07) is 16.9. The van der Waals surface area contributed by atoms with Crippen molar-refractivity contribution in [1.29, 1.82) is 0 Å². The fourth-order valence-corrected chi connectivity index (χ4v) is 3.73. The molecule has 144 valence electrons. The molecule has 0 aliphatic carbocycles. The third-order valence-electron chi connectivity index (χ3n) is 4.10. The highest BCUT2D eigenvalue weighted by molar-refractivity contribution is 7.99. The standard InChI is InChI=1S/C21H25ClN2O2S/c1-3-23-21(26)16(2)24(13-18-10-7-11-19(22)12-18)20(25)15-27-14-17-8-5-4-6-9-17/h4-12,16H,3,13-15H2,1-2H3,(H,23,26)/t16-/m0/s1. The number of nitrogens with zero attached hydrogens (tertiary/aromatic N) is 1. The highest BCUT2D eigenvalue weighted by Crippen LogP contribution is 2.17. The first-order chi connectivity index (χ1) is 13.0. The van der Waals surface area contributed by atoms with Gasteiger partial charge in [-0.1, -0.05) is 54.1 Å². The Morgan fingerprint density at radius 1 is 1.11 bits per heavy atom. The van der Waals surface area contributed by atoms with Gasteiger partial charge >= 0.3 is 0 Å². The maximum Gasteiger partial charge on any atom is 0.242 e. The number of nitrogens with one attached hydrogen (secondary N) is 1. The van der Waals surface area contributed by atoms with Crippen LogP contribution in [0.4, 0.5) is 0 Å². The number of rotatable bonds is 9. The van der Waals surface area contributed by atoms with Crippen LogP contribution in [0.5, 0.6) is 0 Å². The highest BCUT2D eigenvalue weighted by Gasteiger charge is 2.25. The monoisotopic (exact) mass is 404 g/mol. The third-order valence-corrected chi connectivity index (χ3v) is 5.32. The summed E-state index contributed by atoms with van der Waals surface area (Å²) in [5, 5.41) is 3.41. The smallest absolute Gasteiger partial charge is 0.242 e. The predicted molar refractivity (Wildman–Crippen MR) is 113 cm³/mol. The molecule has 0 heterocycles. The van der Waals surface area contributed by atoms with Crippen molar-refractivity contribution in [3.63, 3.8) is 0 Å². The summed E-state index contributed by atoms with van der Waals surface area (Å²) >= 11 is 7.61. The Kier molecular flexibility index (Phi) is 8.69. The first-order valence-corrected chi connectivity index (χ1v) is 10.5. The zero-order valence-corrected chi connectivity index (χ0v) is 17.2. The molecule has 2 rings (SSSR count). The van der Waals surface area contributed by atoms with E-state index in [2.05, 4.69) is 5.32 Å². The molecule has 0 spiro atoms. The van der Waals surface area contributed by atoms with E-state index in [4.69, 9.17) is 11.6 Å². The molecule has 2 aromatic rings. The van der Waals surface area contributed by atoms with Crippen molar-refractivity contribution in [3.8, 4) is 0 Å². The van der Waals surface area contributed by atoms with E-state index in [-0.39, 0.29) is 11.8 Å². The van der Waals surface area contributed by atoms with E-state index < -0.39 is 6.04 Å². The maximum atomic E-state index is 12.9. The van der Waals surface area contributed by atoms with Gasteiger partial charge in [-0.05, 0) is 37.1 Å². The van der Waals surface area contributed by atoms with E-state index in [1.807, 2.05) is 55.5 Å². The summed E-state index contributed by atoms with van der Waals surface area (Å²) in [4.78, 5) is 26.8. The summed E-state index contributed by atoms with van der Waals surface area (Å²) in [5.74, 6) is 0.863. The molecule has 0 bridgehead atoms. The van der Waals surface area contributed by atoms with Crippen LogP contribution in [-0.2, 0) is 21.9 Å². The molecular weight excluding hydrogens is 380 g/mol. The number of carbonyl (C=O) groups is 2. The number of amides is 2. The zero-order valence-electron chi connectivity index (χ0n) is 15.7. The van der Waals surface area contributed by atoms with E-state index in [1.165, 1.54) is 5.56 Å². The van der Waals surface area contributed by atoms with Crippen LogP contribution >= 0.6 is 23.4 Å². The molecule has 6 heteroatoms. The van der Waals surface area contributed by atoms with Gasteiger partial charge < -0.3 is 10.2 Å². The molecule has 1 N–H and O–H groups in total. The second kappa shape index (κ2) is 11.0. The molecule has 0 saturated carbocycles. The summed E-state index contributed by atoms with van der Waals surface area (Å²) < 4.78 is 0. The Morgan fingerprint density at radius 3 is 2.48 bits per heavy atom.